The van der Waals surface area contributed by atoms with Crippen molar-refractivity contribution in [3.8, 4) is 0 Å². The molecule has 8 nitrogen and oxygen atoms in total. The van der Waals surface area contributed by atoms with E-state index < -0.39 is 11.8 Å². The zero-order valence-corrected chi connectivity index (χ0v) is 31.4. The van der Waals surface area contributed by atoms with E-state index >= 15 is 0 Å². The minimum Gasteiger partial charge on any atom is -0.858 e. The van der Waals surface area contributed by atoms with E-state index in [-0.39, 0.29) is 29.0 Å². The van der Waals surface area contributed by atoms with Crippen molar-refractivity contribution >= 4 is 92.9 Å². The number of hydrogen-bond acceptors (Lipinski definition) is 4. The molecular weight excluding hydrogens is 802 g/mol. The Kier molecular flexibility index (Phi) is 16.0. The van der Waals surface area contributed by atoms with Gasteiger partial charge in [-0.15, -0.1) is 0 Å². The fourth-order valence-corrected chi connectivity index (χ4v) is 5.46. The predicted octanol–water partition coefficient (Wildman–Crippen LogP) is 9.80. The number of nitrogens with one attached hydrogen (secondary N) is 2. The van der Waals surface area contributed by atoms with E-state index in [4.69, 9.17) is 46.4 Å². The standard InChI is InChI=1S/2C20H15Cl2N3O.Cu/c2*21-15-11-16(22)13-18(12-15)24-20(23-17-9-5-2-6-10-17)25-19(26)14-7-3-1-4-8-14;/h2*1-13H,(H2,23,24,25,26);/q;;+2/p-2. The van der Waals surface area contributed by atoms with E-state index in [1.165, 1.54) is 0 Å². The molecule has 6 aromatic rings. The summed E-state index contributed by atoms with van der Waals surface area (Å²) in [6.07, 6.45) is 0. The fourth-order valence-electron chi connectivity index (χ4n) is 4.40. The van der Waals surface area contributed by atoms with Crippen LogP contribution in [0.1, 0.15) is 11.1 Å². The van der Waals surface area contributed by atoms with Crippen molar-refractivity contribution in [2.75, 3.05) is 10.6 Å². The Labute approximate surface area is 337 Å². The quantitative estimate of drug-likeness (QED) is 0.0987. The van der Waals surface area contributed by atoms with Crippen LogP contribution in [0.25, 0.3) is 0 Å². The summed E-state index contributed by atoms with van der Waals surface area (Å²) in [5.41, 5.74) is 3.43. The maximum absolute atomic E-state index is 12.4. The number of hydrogen-bond donors (Lipinski definition) is 2. The Morgan fingerprint density at radius 1 is 0.415 bits per heavy atom. The summed E-state index contributed by atoms with van der Waals surface area (Å²) in [4.78, 5) is 17.0. The van der Waals surface area contributed by atoms with Crippen LogP contribution in [0.3, 0.4) is 0 Å². The van der Waals surface area contributed by atoms with Gasteiger partial charge >= 0.3 is 17.1 Å². The van der Waals surface area contributed by atoms with E-state index in [1.807, 2.05) is 72.8 Å². The third kappa shape index (κ3) is 13.7. The van der Waals surface area contributed by atoms with Gasteiger partial charge in [0.15, 0.2) is 0 Å². The number of halogens is 4. The summed E-state index contributed by atoms with van der Waals surface area (Å²) in [6.45, 7) is 0. The van der Waals surface area contributed by atoms with Gasteiger partial charge in [0.05, 0.1) is 11.4 Å². The van der Waals surface area contributed by atoms with Crippen molar-refractivity contribution in [2.24, 2.45) is 20.0 Å². The Hall–Kier alpha value is -5.12. The first kappa shape index (κ1) is 40.6. The smallest absolute Gasteiger partial charge is 0.858 e. The zero-order chi connectivity index (χ0) is 36.7. The molecule has 0 aliphatic heterocycles. The molecule has 0 aromatic heterocycles. The Bertz CT molecular complexity index is 2010. The number of rotatable bonds is 6. The largest absolute Gasteiger partial charge is 2.00 e. The molecule has 0 bridgehead atoms. The molecule has 6 aromatic carbocycles. The Morgan fingerprint density at radius 3 is 1.00 bits per heavy atom. The van der Waals surface area contributed by atoms with Crippen LogP contribution in [0.15, 0.2) is 178 Å². The van der Waals surface area contributed by atoms with Gasteiger partial charge in [0.2, 0.25) is 11.9 Å². The monoisotopic (exact) mass is 827 g/mol. The SMILES string of the molecule is [Cu+2].[O-]/C(=N\C(=Nc1ccccc1)Nc1cc(Cl)cc(Cl)c1)c1ccccc1.[O-]/C(=N\C(=Nc1ccccc1)Nc1cc(Cl)cc(Cl)c1)c1ccccc1. The van der Waals surface area contributed by atoms with Gasteiger partial charge < -0.3 is 20.8 Å². The van der Waals surface area contributed by atoms with E-state index in [0.717, 1.165) is 0 Å². The summed E-state index contributed by atoms with van der Waals surface area (Å²) in [7, 11) is 0. The van der Waals surface area contributed by atoms with Crippen molar-refractivity contribution in [1.29, 1.82) is 0 Å². The molecule has 2 N–H and O–H groups in total. The number of anilines is 2. The number of para-hydroxylation sites is 2. The third-order valence-corrected chi connectivity index (χ3v) is 7.55. The van der Waals surface area contributed by atoms with Crippen molar-refractivity contribution < 1.29 is 27.3 Å². The van der Waals surface area contributed by atoms with Gasteiger partial charge in [-0.25, -0.2) is 20.0 Å². The molecule has 0 atom stereocenters. The van der Waals surface area contributed by atoms with Gasteiger partial charge in [-0.05, 0) is 83.6 Å². The van der Waals surface area contributed by atoms with Crippen molar-refractivity contribution in [1.82, 2.24) is 0 Å². The minimum atomic E-state index is -0.402. The van der Waals surface area contributed by atoms with Crippen molar-refractivity contribution in [2.45, 2.75) is 0 Å². The zero-order valence-electron chi connectivity index (χ0n) is 27.4. The number of guanidine groups is 2. The van der Waals surface area contributed by atoms with E-state index in [9.17, 15) is 10.2 Å². The molecule has 0 fully saturated rings. The first-order valence-electron chi connectivity index (χ1n) is 15.6. The first-order chi connectivity index (χ1) is 25.2. The number of benzene rings is 6. The van der Waals surface area contributed by atoms with Gasteiger partial charge in [0, 0.05) is 31.5 Å². The summed E-state index contributed by atoms with van der Waals surface area (Å²) in [5, 5.41) is 32.7. The number of aliphatic imine (C=N–C) groups is 4. The number of nitrogens with zero attached hydrogens (tertiary/aromatic N) is 4. The third-order valence-electron chi connectivity index (χ3n) is 6.68. The van der Waals surface area contributed by atoms with E-state index in [2.05, 4.69) is 30.6 Å². The molecule has 0 aliphatic carbocycles. The average Bonchev–Trinajstić information content (AvgIpc) is 3.12. The van der Waals surface area contributed by atoms with Crippen LogP contribution in [0, 0.1) is 0 Å². The van der Waals surface area contributed by atoms with Crippen LogP contribution in [0.2, 0.25) is 20.1 Å². The van der Waals surface area contributed by atoms with Crippen LogP contribution in [-0.4, -0.2) is 23.7 Å². The summed E-state index contributed by atoms with van der Waals surface area (Å²) in [6, 6.07) is 46.0. The second-order valence-electron chi connectivity index (χ2n) is 10.7. The molecule has 0 spiro atoms. The summed E-state index contributed by atoms with van der Waals surface area (Å²) < 4.78 is 0. The molecule has 0 heterocycles. The van der Waals surface area contributed by atoms with Crippen LogP contribution >= 0.6 is 46.4 Å². The average molecular weight is 830 g/mol. The Balaban J connectivity index is 0.000000232. The van der Waals surface area contributed by atoms with Gasteiger partial charge in [-0.2, -0.15) is 0 Å². The molecule has 1 radical (unpaired) electrons. The van der Waals surface area contributed by atoms with Crippen molar-refractivity contribution in [3.05, 3.63) is 189 Å². The van der Waals surface area contributed by atoms with Crippen LogP contribution in [0.5, 0.6) is 0 Å². The molecule has 0 aliphatic rings. The molecular formula is C40H28Cl4CuN6O2. The maximum Gasteiger partial charge on any atom is 2.00 e. The maximum atomic E-state index is 12.4. The molecule has 269 valence electrons. The van der Waals surface area contributed by atoms with Crippen molar-refractivity contribution in [3.63, 3.8) is 0 Å². The van der Waals surface area contributed by atoms with Gasteiger partial charge in [0.25, 0.3) is 0 Å². The normalized spacial score (nSPS) is 11.8. The molecule has 0 saturated carbocycles. The second-order valence-corrected chi connectivity index (χ2v) is 12.4. The minimum absolute atomic E-state index is 0. The summed E-state index contributed by atoms with van der Waals surface area (Å²) >= 11 is 24.1. The fraction of sp³-hybridized carbons (Fsp3) is 0. The molecule has 13 heteroatoms. The Morgan fingerprint density at radius 2 is 0.698 bits per heavy atom. The summed E-state index contributed by atoms with van der Waals surface area (Å²) in [5.74, 6) is -0.520. The van der Waals surface area contributed by atoms with Gasteiger partial charge in [-0.1, -0.05) is 143 Å². The van der Waals surface area contributed by atoms with Crippen LogP contribution in [0.4, 0.5) is 22.7 Å². The van der Waals surface area contributed by atoms with Crippen LogP contribution in [-0.2, 0) is 17.1 Å². The molecule has 0 amide bonds. The molecule has 53 heavy (non-hydrogen) atoms. The topological polar surface area (TPSA) is 120 Å². The predicted molar refractivity (Wildman–Crippen MR) is 213 cm³/mol. The van der Waals surface area contributed by atoms with Crippen LogP contribution < -0.4 is 20.8 Å². The molecule has 0 saturated heterocycles. The molecule has 0 unspecified atom stereocenters. The van der Waals surface area contributed by atoms with Gasteiger partial charge in [0.1, 0.15) is 0 Å². The molecule has 6 rings (SSSR count). The van der Waals surface area contributed by atoms with Gasteiger partial charge in [-0.3, -0.25) is 0 Å². The van der Waals surface area contributed by atoms with E-state index in [0.29, 0.717) is 54.0 Å². The first-order valence-corrected chi connectivity index (χ1v) is 17.1. The van der Waals surface area contributed by atoms with E-state index in [1.54, 1.807) is 84.9 Å². The second kappa shape index (κ2) is 20.8.